The number of para-hydroxylation sites is 2. The first-order valence-corrected chi connectivity index (χ1v) is 19.5. The molecule has 3 aromatic heterocycles. The van der Waals surface area contributed by atoms with E-state index in [0.29, 0.717) is 17.5 Å². The Labute approximate surface area is 333 Å². The van der Waals surface area contributed by atoms with E-state index in [0.717, 1.165) is 66.2 Å². The smallest absolute Gasteiger partial charge is 0.164 e. The number of hydrogen-bond donors (Lipinski definition) is 0. The van der Waals surface area contributed by atoms with Gasteiger partial charge in [0.15, 0.2) is 17.5 Å². The Bertz CT molecular complexity index is 3480. The summed E-state index contributed by atoms with van der Waals surface area (Å²) in [6, 6.07) is 68.1. The van der Waals surface area contributed by atoms with Gasteiger partial charge in [0.1, 0.15) is 11.2 Å². The molecule has 0 aliphatic carbocycles. The molecular weight excluding hydrogens is 709 g/mol. The lowest BCUT2D eigenvalue weighted by Crippen LogP contribution is -2.00. The number of aromatic nitrogens is 4. The molecule has 0 unspecified atom stereocenters. The van der Waals surface area contributed by atoms with Crippen molar-refractivity contribution in [2.24, 2.45) is 0 Å². The summed E-state index contributed by atoms with van der Waals surface area (Å²) in [5.41, 5.74) is 10.1. The first kappa shape index (κ1) is 32.4. The number of benzene rings is 9. The lowest BCUT2D eigenvalue weighted by atomic mass is 9.99. The van der Waals surface area contributed by atoms with E-state index < -0.39 is 0 Å². The van der Waals surface area contributed by atoms with Gasteiger partial charge in [0.05, 0.1) is 11.0 Å². The molecule has 0 aliphatic rings. The molecule has 0 N–H and O–H groups in total. The Kier molecular flexibility index (Phi) is 7.16. The maximum atomic E-state index is 6.54. The van der Waals surface area contributed by atoms with Gasteiger partial charge < -0.3 is 8.98 Å². The van der Waals surface area contributed by atoms with Crippen LogP contribution in [-0.4, -0.2) is 19.5 Å². The van der Waals surface area contributed by atoms with Crippen LogP contribution in [0.2, 0.25) is 0 Å². The molecule has 0 spiro atoms. The highest BCUT2D eigenvalue weighted by Crippen LogP contribution is 2.40. The highest BCUT2D eigenvalue weighted by atomic mass is 16.3. The van der Waals surface area contributed by atoms with Crippen LogP contribution in [-0.2, 0) is 0 Å². The lowest BCUT2D eigenvalue weighted by Gasteiger charge is -2.10. The molecule has 0 aliphatic heterocycles. The predicted octanol–water partition coefficient (Wildman–Crippen LogP) is 13.8. The minimum absolute atomic E-state index is 0.593. The van der Waals surface area contributed by atoms with Crippen molar-refractivity contribution < 1.29 is 4.42 Å². The highest BCUT2D eigenvalue weighted by Gasteiger charge is 2.20. The first-order chi connectivity index (χ1) is 28.7. The number of nitrogens with zero attached hydrogens (tertiary/aromatic N) is 4. The minimum Gasteiger partial charge on any atom is -0.456 e. The fourth-order valence-electron chi connectivity index (χ4n) is 8.61. The van der Waals surface area contributed by atoms with Crippen LogP contribution in [0.3, 0.4) is 0 Å². The second-order valence-electron chi connectivity index (χ2n) is 14.8. The molecule has 12 aromatic rings. The van der Waals surface area contributed by atoms with Crippen LogP contribution in [0.1, 0.15) is 0 Å². The van der Waals surface area contributed by atoms with Crippen LogP contribution in [0.5, 0.6) is 0 Å². The van der Waals surface area contributed by atoms with E-state index in [1.807, 2.05) is 12.1 Å². The molecule has 9 aromatic carbocycles. The van der Waals surface area contributed by atoms with Crippen LogP contribution >= 0.6 is 0 Å². The quantitative estimate of drug-likeness (QED) is 0.176. The van der Waals surface area contributed by atoms with Gasteiger partial charge in [-0.15, -0.1) is 0 Å². The molecule has 5 nitrogen and oxygen atoms in total. The average Bonchev–Trinajstić information content (AvgIpc) is 3.84. The number of fused-ring (bicyclic) bond motifs is 8. The molecule has 5 heteroatoms. The van der Waals surface area contributed by atoms with Crippen molar-refractivity contribution in [1.29, 1.82) is 0 Å². The molecule has 0 radical (unpaired) electrons. The van der Waals surface area contributed by atoms with E-state index in [9.17, 15) is 0 Å². The van der Waals surface area contributed by atoms with Crippen molar-refractivity contribution in [3.8, 4) is 51.0 Å². The van der Waals surface area contributed by atoms with Gasteiger partial charge in [0.25, 0.3) is 0 Å². The van der Waals surface area contributed by atoms with Gasteiger partial charge in [-0.2, -0.15) is 0 Å². The third-order valence-corrected chi connectivity index (χ3v) is 11.4. The second kappa shape index (κ2) is 12.8. The Morgan fingerprint density at radius 2 is 0.914 bits per heavy atom. The van der Waals surface area contributed by atoms with Gasteiger partial charge in [0, 0.05) is 43.9 Å². The largest absolute Gasteiger partial charge is 0.456 e. The van der Waals surface area contributed by atoms with Crippen molar-refractivity contribution in [2.45, 2.75) is 0 Å². The fourth-order valence-corrected chi connectivity index (χ4v) is 8.61. The van der Waals surface area contributed by atoms with Crippen molar-refractivity contribution in [3.05, 3.63) is 194 Å². The summed E-state index contributed by atoms with van der Waals surface area (Å²) >= 11 is 0. The zero-order valence-electron chi connectivity index (χ0n) is 31.2. The number of rotatable bonds is 5. The molecular formula is C53H32N4O. The van der Waals surface area contributed by atoms with E-state index in [2.05, 4.69) is 187 Å². The zero-order chi connectivity index (χ0) is 38.2. The molecule has 0 amide bonds. The third-order valence-electron chi connectivity index (χ3n) is 11.4. The summed E-state index contributed by atoms with van der Waals surface area (Å²) in [6.07, 6.45) is 0. The van der Waals surface area contributed by atoms with Crippen LogP contribution in [0.4, 0.5) is 0 Å². The Balaban J connectivity index is 1.05. The lowest BCUT2D eigenvalue weighted by molar-refractivity contribution is 0.669. The number of furan rings is 1. The van der Waals surface area contributed by atoms with Gasteiger partial charge >= 0.3 is 0 Å². The van der Waals surface area contributed by atoms with E-state index in [1.54, 1.807) is 0 Å². The number of hydrogen-bond acceptors (Lipinski definition) is 4. The summed E-state index contributed by atoms with van der Waals surface area (Å²) in [4.78, 5) is 15.5. The van der Waals surface area contributed by atoms with Crippen molar-refractivity contribution >= 4 is 65.3 Å². The summed E-state index contributed by atoms with van der Waals surface area (Å²) < 4.78 is 8.89. The summed E-state index contributed by atoms with van der Waals surface area (Å²) in [5, 5.41) is 9.02. The summed E-state index contributed by atoms with van der Waals surface area (Å²) in [7, 11) is 0. The SMILES string of the molecule is c1ccc(-n2c3ccccc3c3cc(-c4ccc5oc6cccc(-c7nc(-c8ccc9ccccc9c8)nc(-c8ccc9ccccc9c8)n7)c6c5c4)ccc32)cc1. The minimum atomic E-state index is 0.593. The van der Waals surface area contributed by atoms with Gasteiger partial charge in [-0.05, 0) is 93.3 Å². The molecule has 12 rings (SSSR count). The third kappa shape index (κ3) is 5.21. The molecule has 270 valence electrons. The Hall–Kier alpha value is -7.89. The fraction of sp³-hybridized carbons (Fsp3) is 0. The highest BCUT2D eigenvalue weighted by molar-refractivity contribution is 6.14. The average molecular weight is 741 g/mol. The van der Waals surface area contributed by atoms with Gasteiger partial charge in [0.2, 0.25) is 0 Å². The normalized spacial score (nSPS) is 11.8. The van der Waals surface area contributed by atoms with Crippen LogP contribution < -0.4 is 0 Å². The second-order valence-corrected chi connectivity index (χ2v) is 14.8. The Morgan fingerprint density at radius 1 is 0.345 bits per heavy atom. The molecule has 0 saturated carbocycles. The predicted molar refractivity (Wildman–Crippen MR) is 238 cm³/mol. The molecule has 0 atom stereocenters. The maximum absolute atomic E-state index is 6.54. The van der Waals surface area contributed by atoms with E-state index in [4.69, 9.17) is 19.4 Å². The zero-order valence-corrected chi connectivity index (χ0v) is 31.2. The van der Waals surface area contributed by atoms with Gasteiger partial charge in [-0.3, -0.25) is 0 Å². The first-order valence-electron chi connectivity index (χ1n) is 19.5. The van der Waals surface area contributed by atoms with Crippen molar-refractivity contribution in [1.82, 2.24) is 19.5 Å². The van der Waals surface area contributed by atoms with Crippen LogP contribution in [0.15, 0.2) is 199 Å². The van der Waals surface area contributed by atoms with E-state index >= 15 is 0 Å². The van der Waals surface area contributed by atoms with Crippen molar-refractivity contribution in [3.63, 3.8) is 0 Å². The van der Waals surface area contributed by atoms with Crippen LogP contribution in [0.25, 0.3) is 116 Å². The molecule has 0 fully saturated rings. The van der Waals surface area contributed by atoms with E-state index in [1.165, 1.54) is 32.6 Å². The topological polar surface area (TPSA) is 56.7 Å². The molecule has 0 saturated heterocycles. The molecule has 58 heavy (non-hydrogen) atoms. The van der Waals surface area contributed by atoms with E-state index in [-0.39, 0.29) is 0 Å². The molecule has 0 bridgehead atoms. The van der Waals surface area contributed by atoms with Gasteiger partial charge in [-0.1, -0.05) is 133 Å². The summed E-state index contributed by atoms with van der Waals surface area (Å²) in [5.74, 6) is 1.83. The van der Waals surface area contributed by atoms with Gasteiger partial charge in [-0.25, -0.2) is 15.0 Å². The maximum Gasteiger partial charge on any atom is 0.164 e. The standard InChI is InChI=1S/C53H32N4O/c1-2-15-41(16-3-1)57-46-19-9-8-17-42(46)44-31-37(25-27-47(44)57)38-26-28-48-45(32-38)50-43(18-10-20-49(50)58-48)53-55-51(39-23-21-33-11-4-6-13-35(33)29-39)54-52(56-53)40-24-22-34-12-5-7-14-36(34)30-40/h1-32H. The molecule has 3 heterocycles. The van der Waals surface area contributed by atoms with Crippen molar-refractivity contribution in [2.75, 3.05) is 0 Å². The summed E-state index contributed by atoms with van der Waals surface area (Å²) in [6.45, 7) is 0. The van der Waals surface area contributed by atoms with Crippen LogP contribution in [0, 0.1) is 0 Å². The Morgan fingerprint density at radius 3 is 1.64 bits per heavy atom. The monoisotopic (exact) mass is 740 g/mol.